The Balaban J connectivity index is 1.23. The monoisotopic (exact) mass is 439 g/mol. The summed E-state index contributed by atoms with van der Waals surface area (Å²) in [7, 11) is 0. The molecule has 0 aliphatic carbocycles. The summed E-state index contributed by atoms with van der Waals surface area (Å²) in [6.07, 6.45) is 2.58. The smallest absolute Gasteiger partial charge is 0.225 e. The van der Waals surface area contributed by atoms with Crippen LogP contribution in [0.1, 0.15) is 16.8 Å². The van der Waals surface area contributed by atoms with Crippen molar-refractivity contribution in [3.8, 4) is 0 Å². The van der Waals surface area contributed by atoms with Gasteiger partial charge in [-0.1, -0.05) is 24.3 Å². The van der Waals surface area contributed by atoms with Gasteiger partial charge in [-0.15, -0.1) is 0 Å². The van der Waals surface area contributed by atoms with E-state index < -0.39 is 11.6 Å². The second-order valence-electron chi connectivity index (χ2n) is 8.24. The summed E-state index contributed by atoms with van der Waals surface area (Å²) in [5.41, 5.74) is 3.01. The molecule has 0 spiro atoms. The number of para-hydroxylation sites is 1. The summed E-state index contributed by atoms with van der Waals surface area (Å²) < 4.78 is 41.6. The van der Waals surface area contributed by atoms with Gasteiger partial charge in [0.1, 0.15) is 5.82 Å². The summed E-state index contributed by atoms with van der Waals surface area (Å²) in [5.74, 6) is -1.10. The molecule has 2 aromatic carbocycles. The van der Waals surface area contributed by atoms with E-state index in [1.165, 1.54) is 12.1 Å². The number of halogens is 3. The van der Waals surface area contributed by atoms with Crippen LogP contribution in [0, 0.1) is 17.5 Å². The van der Waals surface area contributed by atoms with Crippen LogP contribution in [0.3, 0.4) is 0 Å². The molecular weight excluding hydrogens is 415 g/mol. The number of hydrogen-bond donors (Lipinski definition) is 0. The van der Waals surface area contributed by atoms with Crippen LogP contribution in [0.2, 0.25) is 0 Å². The molecule has 0 atom stereocenters. The highest BCUT2D eigenvalue weighted by atomic mass is 19.2. The minimum absolute atomic E-state index is 0.200. The number of benzene rings is 2. The van der Waals surface area contributed by atoms with Gasteiger partial charge in [-0.25, -0.2) is 23.1 Å². The van der Waals surface area contributed by atoms with E-state index in [0.29, 0.717) is 43.4 Å². The van der Waals surface area contributed by atoms with Gasteiger partial charge in [0.25, 0.3) is 0 Å². The van der Waals surface area contributed by atoms with Gasteiger partial charge in [-0.05, 0) is 18.2 Å². The lowest BCUT2D eigenvalue weighted by Gasteiger charge is -2.36. The van der Waals surface area contributed by atoms with Crippen LogP contribution in [0.15, 0.2) is 48.7 Å². The molecule has 1 aromatic heterocycles. The first kappa shape index (κ1) is 20.8. The van der Waals surface area contributed by atoms with Crippen molar-refractivity contribution >= 4 is 11.6 Å². The Bertz CT molecular complexity index is 1110. The molecule has 0 bridgehead atoms. The van der Waals surface area contributed by atoms with Gasteiger partial charge in [0, 0.05) is 69.6 Å². The summed E-state index contributed by atoms with van der Waals surface area (Å²) >= 11 is 0. The topological polar surface area (TPSA) is 35.5 Å². The standard InChI is InChI=1S/C24H24F3N5/c25-19-5-1-2-7-22(19)31-10-12-32(13-11-31)24-28-14-18-16-30(9-8-21(18)29-24)15-17-4-3-6-20(26)23(17)27/h1-7,14H,8-13,15-16H2. The number of aromatic nitrogens is 2. The number of fused-ring (bicyclic) bond motifs is 1. The molecule has 3 aromatic rings. The SMILES string of the molecule is Fc1ccccc1N1CCN(c2ncc3c(n2)CCN(Cc2cccc(F)c2F)C3)CC1. The Kier molecular flexibility index (Phi) is 5.70. The van der Waals surface area contributed by atoms with Gasteiger partial charge in [0.05, 0.1) is 11.4 Å². The van der Waals surface area contributed by atoms with Crippen molar-refractivity contribution in [3.63, 3.8) is 0 Å². The Labute approximate surface area is 185 Å². The third kappa shape index (κ3) is 4.14. The van der Waals surface area contributed by atoms with E-state index in [1.54, 1.807) is 12.1 Å². The second-order valence-corrected chi connectivity index (χ2v) is 8.24. The van der Waals surface area contributed by atoms with Crippen molar-refractivity contribution < 1.29 is 13.2 Å². The summed E-state index contributed by atoms with van der Waals surface area (Å²) in [6, 6.07) is 11.1. The first-order chi connectivity index (χ1) is 15.6. The van der Waals surface area contributed by atoms with E-state index in [0.717, 1.165) is 43.4 Å². The number of anilines is 2. The van der Waals surface area contributed by atoms with Crippen LogP contribution in [0.4, 0.5) is 24.8 Å². The molecule has 0 saturated carbocycles. The average Bonchev–Trinajstić information content (AvgIpc) is 2.82. The van der Waals surface area contributed by atoms with Gasteiger partial charge < -0.3 is 9.80 Å². The second kappa shape index (κ2) is 8.78. The first-order valence-corrected chi connectivity index (χ1v) is 10.8. The van der Waals surface area contributed by atoms with Crippen molar-refractivity contribution in [1.29, 1.82) is 0 Å². The Hall–Kier alpha value is -3.13. The molecule has 32 heavy (non-hydrogen) atoms. The Morgan fingerprint density at radius 2 is 1.56 bits per heavy atom. The molecule has 2 aliphatic rings. The van der Waals surface area contributed by atoms with Crippen LogP contribution in [0.25, 0.3) is 0 Å². The largest absolute Gasteiger partial charge is 0.366 e. The maximum atomic E-state index is 14.1. The van der Waals surface area contributed by atoms with Crippen molar-refractivity contribution in [1.82, 2.24) is 14.9 Å². The minimum atomic E-state index is -0.817. The van der Waals surface area contributed by atoms with E-state index in [1.807, 2.05) is 23.2 Å². The zero-order valence-electron chi connectivity index (χ0n) is 17.6. The fraction of sp³-hybridized carbons (Fsp3) is 0.333. The summed E-state index contributed by atoms with van der Waals surface area (Å²) in [6.45, 7) is 4.52. The highest BCUT2D eigenvalue weighted by Gasteiger charge is 2.24. The van der Waals surface area contributed by atoms with Crippen molar-refractivity contribution in [2.45, 2.75) is 19.5 Å². The number of piperazine rings is 1. The average molecular weight is 439 g/mol. The summed E-state index contributed by atoms with van der Waals surface area (Å²) in [5, 5.41) is 0. The zero-order valence-corrected chi connectivity index (χ0v) is 17.6. The van der Waals surface area contributed by atoms with Gasteiger partial charge in [-0.2, -0.15) is 0 Å². The number of hydrogen-bond acceptors (Lipinski definition) is 5. The van der Waals surface area contributed by atoms with Crippen LogP contribution in [-0.2, 0) is 19.5 Å². The van der Waals surface area contributed by atoms with Crippen molar-refractivity contribution in [3.05, 3.63) is 82.9 Å². The number of nitrogens with zero attached hydrogens (tertiary/aromatic N) is 5. The Morgan fingerprint density at radius 3 is 2.38 bits per heavy atom. The molecular formula is C24H24F3N5. The van der Waals surface area contributed by atoms with Gasteiger partial charge in [0.2, 0.25) is 5.95 Å². The van der Waals surface area contributed by atoms with Gasteiger partial charge in [-0.3, -0.25) is 4.90 Å². The molecule has 166 valence electrons. The van der Waals surface area contributed by atoms with Gasteiger partial charge in [0.15, 0.2) is 11.6 Å². The van der Waals surface area contributed by atoms with Crippen molar-refractivity contribution in [2.24, 2.45) is 0 Å². The molecule has 3 heterocycles. The molecule has 2 aliphatic heterocycles. The van der Waals surface area contributed by atoms with Crippen LogP contribution < -0.4 is 9.80 Å². The highest BCUT2D eigenvalue weighted by molar-refractivity contribution is 5.49. The predicted octanol–water partition coefficient (Wildman–Crippen LogP) is 3.78. The Morgan fingerprint density at radius 1 is 0.812 bits per heavy atom. The first-order valence-electron chi connectivity index (χ1n) is 10.8. The lowest BCUT2D eigenvalue weighted by Crippen LogP contribution is -2.47. The van der Waals surface area contributed by atoms with Crippen molar-refractivity contribution in [2.75, 3.05) is 42.5 Å². The van der Waals surface area contributed by atoms with E-state index in [2.05, 4.69) is 14.8 Å². The van der Waals surface area contributed by atoms with Gasteiger partial charge >= 0.3 is 0 Å². The predicted molar refractivity (Wildman–Crippen MR) is 117 cm³/mol. The molecule has 0 radical (unpaired) electrons. The fourth-order valence-corrected chi connectivity index (χ4v) is 4.42. The minimum Gasteiger partial charge on any atom is -0.366 e. The number of rotatable bonds is 4. The molecule has 0 N–H and O–H groups in total. The lowest BCUT2D eigenvalue weighted by molar-refractivity contribution is 0.238. The lowest BCUT2D eigenvalue weighted by atomic mass is 10.1. The normalized spacial score (nSPS) is 16.8. The van der Waals surface area contributed by atoms with Crippen LogP contribution >= 0.6 is 0 Å². The molecule has 1 saturated heterocycles. The maximum Gasteiger partial charge on any atom is 0.225 e. The quantitative estimate of drug-likeness (QED) is 0.618. The van der Waals surface area contributed by atoms with E-state index in [4.69, 9.17) is 4.98 Å². The molecule has 5 rings (SSSR count). The van der Waals surface area contributed by atoms with Crippen LogP contribution in [0.5, 0.6) is 0 Å². The molecule has 1 fully saturated rings. The van der Waals surface area contributed by atoms with E-state index in [9.17, 15) is 13.2 Å². The maximum absolute atomic E-state index is 14.1. The fourth-order valence-electron chi connectivity index (χ4n) is 4.42. The van der Waals surface area contributed by atoms with E-state index in [-0.39, 0.29) is 5.82 Å². The van der Waals surface area contributed by atoms with Crippen LogP contribution in [-0.4, -0.2) is 47.6 Å². The third-order valence-corrected chi connectivity index (χ3v) is 6.18. The third-order valence-electron chi connectivity index (χ3n) is 6.18. The summed E-state index contributed by atoms with van der Waals surface area (Å²) in [4.78, 5) is 15.6. The molecule has 5 nitrogen and oxygen atoms in total. The van der Waals surface area contributed by atoms with E-state index >= 15 is 0 Å². The zero-order chi connectivity index (χ0) is 22.1. The molecule has 0 amide bonds. The molecule has 8 heteroatoms. The highest BCUT2D eigenvalue weighted by Crippen LogP contribution is 2.24. The molecule has 0 unspecified atom stereocenters.